The van der Waals surface area contributed by atoms with Crippen LogP contribution in [0, 0.1) is 13.8 Å². The maximum atomic E-state index is 5.50. The number of hydrogen-bond acceptors (Lipinski definition) is 7. The summed E-state index contributed by atoms with van der Waals surface area (Å²) in [7, 11) is 2.18. The first-order valence-corrected chi connectivity index (χ1v) is 12.3. The number of aromatic nitrogens is 2. The summed E-state index contributed by atoms with van der Waals surface area (Å²) in [4.78, 5) is 17.0. The van der Waals surface area contributed by atoms with Crippen molar-refractivity contribution in [1.82, 2.24) is 19.8 Å². The Morgan fingerprint density at radius 3 is 2.56 bits per heavy atom. The number of benzene rings is 1. The molecule has 1 fully saturated rings. The lowest BCUT2D eigenvalue weighted by atomic mass is 10.1. The number of ether oxygens (including phenoxy) is 1. The highest BCUT2D eigenvalue weighted by molar-refractivity contribution is 7.18. The molecule has 0 amide bonds. The summed E-state index contributed by atoms with van der Waals surface area (Å²) in [6, 6.07) is 9.21. The lowest BCUT2D eigenvalue weighted by Crippen LogP contribution is -2.36. The second-order valence-electron chi connectivity index (χ2n) is 8.97. The molecular formula is C25H35N5OS. The summed E-state index contributed by atoms with van der Waals surface area (Å²) >= 11 is 1.76. The number of nitrogens with zero attached hydrogens (tertiary/aromatic N) is 4. The van der Waals surface area contributed by atoms with Gasteiger partial charge in [0.15, 0.2) is 0 Å². The van der Waals surface area contributed by atoms with Crippen LogP contribution in [-0.4, -0.2) is 59.2 Å². The van der Waals surface area contributed by atoms with Gasteiger partial charge in [-0.25, -0.2) is 9.97 Å². The third-order valence-electron chi connectivity index (χ3n) is 6.41. The van der Waals surface area contributed by atoms with Crippen molar-refractivity contribution in [3.8, 4) is 0 Å². The first-order valence-electron chi connectivity index (χ1n) is 11.5. The van der Waals surface area contributed by atoms with Crippen molar-refractivity contribution in [2.24, 2.45) is 0 Å². The number of thiophene rings is 1. The van der Waals surface area contributed by atoms with E-state index in [2.05, 4.69) is 74.1 Å². The summed E-state index contributed by atoms with van der Waals surface area (Å²) in [5.74, 6) is 1.84. The van der Waals surface area contributed by atoms with Crippen LogP contribution in [0.3, 0.4) is 0 Å². The fourth-order valence-corrected chi connectivity index (χ4v) is 5.01. The highest BCUT2D eigenvalue weighted by Crippen LogP contribution is 2.33. The monoisotopic (exact) mass is 453 g/mol. The first kappa shape index (κ1) is 23.1. The van der Waals surface area contributed by atoms with E-state index in [1.165, 1.54) is 21.6 Å². The Kier molecular flexibility index (Phi) is 7.40. The van der Waals surface area contributed by atoms with Crippen LogP contribution in [0.15, 0.2) is 24.3 Å². The lowest BCUT2D eigenvalue weighted by Gasteiger charge is -2.26. The van der Waals surface area contributed by atoms with E-state index in [0.717, 1.165) is 67.8 Å². The summed E-state index contributed by atoms with van der Waals surface area (Å²) in [6.07, 6.45) is 0. The fourth-order valence-electron chi connectivity index (χ4n) is 3.97. The molecule has 1 aliphatic heterocycles. The molecular weight excluding hydrogens is 418 g/mol. The Bertz CT molecular complexity index is 1060. The molecule has 0 radical (unpaired) electrons. The molecule has 0 atom stereocenters. The predicted octanol–water partition coefficient (Wildman–Crippen LogP) is 4.59. The topological polar surface area (TPSA) is 53.5 Å². The number of rotatable bonds is 8. The third kappa shape index (κ3) is 5.29. The standard InChI is InChI=1S/C25H35N5OS/c1-17(2)29(5)15-21-9-7-6-8-20(21)14-26-24-23-18(3)19(4)32-25(23)28-22(27-24)16-30-10-12-31-13-11-30/h6-9,17H,10-16H2,1-5H3,(H,26,27,28). The molecule has 1 N–H and O–H groups in total. The Morgan fingerprint density at radius 1 is 1.12 bits per heavy atom. The van der Waals surface area contributed by atoms with E-state index in [-0.39, 0.29) is 0 Å². The largest absolute Gasteiger partial charge is 0.379 e. The molecule has 1 aromatic carbocycles. The smallest absolute Gasteiger partial charge is 0.146 e. The molecule has 0 aliphatic carbocycles. The molecule has 6 nitrogen and oxygen atoms in total. The van der Waals surface area contributed by atoms with Gasteiger partial charge in [-0.05, 0) is 51.4 Å². The average molecular weight is 454 g/mol. The highest BCUT2D eigenvalue weighted by atomic mass is 32.1. The summed E-state index contributed by atoms with van der Waals surface area (Å²) < 4.78 is 5.50. The predicted molar refractivity (Wildman–Crippen MR) is 133 cm³/mol. The Labute approximate surface area is 195 Å². The van der Waals surface area contributed by atoms with Crippen molar-refractivity contribution in [1.29, 1.82) is 0 Å². The van der Waals surface area contributed by atoms with Gasteiger partial charge in [-0.1, -0.05) is 24.3 Å². The van der Waals surface area contributed by atoms with Crippen molar-refractivity contribution < 1.29 is 4.74 Å². The molecule has 32 heavy (non-hydrogen) atoms. The molecule has 3 heterocycles. The van der Waals surface area contributed by atoms with Gasteiger partial charge in [-0.2, -0.15) is 0 Å². The fraction of sp³-hybridized carbons (Fsp3) is 0.520. The minimum Gasteiger partial charge on any atom is -0.379 e. The van der Waals surface area contributed by atoms with Crippen LogP contribution in [-0.2, 0) is 24.4 Å². The van der Waals surface area contributed by atoms with Gasteiger partial charge in [0.05, 0.1) is 25.1 Å². The summed E-state index contributed by atoms with van der Waals surface area (Å²) in [5, 5.41) is 4.83. The van der Waals surface area contributed by atoms with Crippen LogP contribution < -0.4 is 5.32 Å². The first-order chi connectivity index (χ1) is 15.4. The molecule has 2 aromatic heterocycles. The van der Waals surface area contributed by atoms with Crippen LogP contribution in [0.4, 0.5) is 5.82 Å². The average Bonchev–Trinajstić information content (AvgIpc) is 3.07. The van der Waals surface area contributed by atoms with Gasteiger partial charge < -0.3 is 10.1 Å². The van der Waals surface area contributed by atoms with Crippen molar-refractivity contribution in [2.45, 2.75) is 53.4 Å². The minimum absolute atomic E-state index is 0.511. The summed E-state index contributed by atoms with van der Waals surface area (Å²) in [6.45, 7) is 14.7. The van der Waals surface area contributed by atoms with Gasteiger partial charge in [0, 0.05) is 37.1 Å². The highest BCUT2D eigenvalue weighted by Gasteiger charge is 2.18. The van der Waals surface area contributed by atoms with Gasteiger partial charge in [-0.3, -0.25) is 9.80 Å². The molecule has 0 unspecified atom stereocenters. The quantitative estimate of drug-likeness (QED) is 0.538. The zero-order valence-corrected chi connectivity index (χ0v) is 20.8. The van der Waals surface area contributed by atoms with Crippen LogP contribution >= 0.6 is 11.3 Å². The maximum Gasteiger partial charge on any atom is 0.146 e. The van der Waals surface area contributed by atoms with Crippen molar-refractivity contribution in [3.05, 3.63) is 51.7 Å². The van der Waals surface area contributed by atoms with Gasteiger partial charge in [0.2, 0.25) is 0 Å². The van der Waals surface area contributed by atoms with E-state index in [1.807, 2.05) is 0 Å². The van der Waals surface area contributed by atoms with Gasteiger partial charge in [0.25, 0.3) is 0 Å². The Morgan fingerprint density at radius 2 is 1.84 bits per heavy atom. The van der Waals surface area contributed by atoms with Gasteiger partial charge >= 0.3 is 0 Å². The van der Waals surface area contributed by atoms with Crippen LogP contribution in [0.1, 0.15) is 41.2 Å². The second-order valence-corrected chi connectivity index (χ2v) is 10.2. The molecule has 1 aliphatic rings. The van der Waals surface area contributed by atoms with Crippen LogP contribution in [0.5, 0.6) is 0 Å². The molecule has 0 spiro atoms. The molecule has 0 bridgehead atoms. The molecule has 3 aromatic rings. The third-order valence-corrected chi connectivity index (χ3v) is 7.51. The number of morpholine rings is 1. The van der Waals surface area contributed by atoms with Crippen molar-refractivity contribution >= 4 is 27.4 Å². The molecule has 0 saturated carbocycles. The SMILES string of the molecule is Cc1sc2nc(CN3CCOCC3)nc(NCc3ccccc3CN(C)C(C)C)c2c1C. The zero-order valence-electron chi connectivity index (χ0n) is 19.9. The van der Waals surface area contributed by atoms with Crippen molar-refractivity contribution in [2.75, 3.05) is 38.7 Å². The van der Waals surface area contributed by atoms with E-state index in [9.17, 15) is 0 Å². The van der Waals surface area contributed by atoms with E-state index in [4.69, 9.17) is 14.7 Å². The number of fused-ring (bicyclic) bond motifs is 1. The van der Waals surface area contributed by atoms with Crippen LogP contribution in [0.25, 0.3) is 10.2 Å². The number of aryl methyl sites for hydroxylation is 2. The maximum absolute atomic E-state index is 5.50. The molecule has 4 rings (SSSR count). The zero-order chi connectivity index (χ0) is 22.7. The Balaban J connectivity index is 1.59. The van der Waals surface area contributed by atoms with Crippen molar-refractivity contribution in [3.63, 3.8) is 0 Å². The van der Waals surface area contributed by atoms with Crippen LogP contribution in [0.2, 0.25) is 0 Å². The normalized spacial score (nSPS) is 15.2. The molecule has 7 heteroatoms. The Hall–Kier alpha value is -2.06. The number of nitrogens with one attached hydrogen (secondary N) is 1. The van der Waals surface area contributed by atoms with E-state index in [1.54, 1.807) is 11.3 Å². The summed E-state index contributed by atoms with van der Waals surface area (Å²) in [5.41, 5.74) is 3.94. The number of anilines is 1. The lowest BCUT2D eigenvalue weighted by molar-refractivity contribution is 0.0331. The molecule has 1 saturated heterocycles. The van der Waals surface area contributed by atoms with E-state index >= 15 is 0 Å². The second kappa shape index (κ2) is 10.3. The number of hydrogen-bond donors (Lipinski definition) is 1. The molecule has 172 valence electrons. The van der Waals surface area contributed by atoms with E-state index in [0.29, 0.717) is 6.04 Å². The van der Waals surface area contributed by atoms with E-state index < -0.39 is 0 Å². The van der Waals surface area contributed by atoms with Gasteiger partial charge in [-0.15, -0.1) is 11.3 Å². The van der Waals surface area contributed by atoms with Gasteiger partial charge in [0.1, 0.15) is 16.5 Å². The minimum atomic E-state index is 0.511.